The van der Waals surface area contributed by atoms with Gasteiger partial charge in [0, 0.05) is 22.8 Å². The Labute approximate surface area is 184 Å². The second-order valence-corrected chi connectivity index (χ2v) is 8.34. The van der Waals surface area contributed by atoms with Crippen LogP contribution < -0.4 is 10.6 Å². The number of thioether (sulfide) groups is 1. The SMILES string of the molecule is CCNC(=O)NC(=O)C(C)Sc1nnc(-c2ccc(Cl)cc2)n1-c1cccc(C)c1. The minimum atomic E-state index is -0.557. The van der Waals surface area contributed by atoms with E-state index in [1.165, 1.54) is 11.8 Å². The summed E-state index contributed by atoms with van der Waals surface area (Å²) in [5.41, 5.74) is 2.81. The van der Waals surface area contributed by atoms with Crippen LogP contribution in [0.25, 0.3) is 17.1 Å². The Kier molecular flexibility index (Phi) is 7.12. The van der Waals surface area contributed by atoms with Gasteiger partial charge < -0.3 is 5.32 Å². The lowest BCUT2D eigenvalue weighted by Gasteiger charge is -2.14. The maximum absolute atomic E-state index is 12.4. The summed E-state index contributed by atoms with van der Waals surface area (Å²) < 4.78 is 1.90. The molecule has 0 saturated heterocycles. The van der Waals surface area contributed by atoms with Gasteiger partial charge in [-0.25, -0.2) is 4.79 Å². The normalized spacial score (nSPS) is 11.7. The highest BCUT2D eigenvalue weighted by molar-refractivity contribution is 8.00. The van der Waals surface area contributed by atoms with Crippen molar-refractivity contribution in [2.45, 2.75) is 31.2 Å². The molecule has 9 heteroatoms. The first-order valence-electron chi connectivity index (χ1n) is 9.42. The lowest BCUT2D eigenvalue weighted by molar-refractivity contribution is -0.119. The molecule has 7 nitrogen and oxygen atoms in total. The molecule has 0 spiro atoms. The zero-order valence-corrected chi connectivity index (χ0v) is 18.4. The predicted molar refractivity (Wildman–Crippen MR) is 119 cm³/mol. The smallest absolute Gasteiger partial charge is 0.321 e. The van der Waals surface area contributed by atoms with E-state index in [0.29, 0.717) is 22.5 Å². The Hall–Kier alpha value is -2.84. The van der Waals surface area contributed by atoms with Crippen molar-refractivity contribution < 1.29 is 9.59 Å². The molecule has 2 N–H and O–H groups in total. The van der Waals surface area contributed by atoms with Crippen molar-refractivity contribution in [1.29, 1.82) is 0 Å². The van der Waals surface area contributed by atoms with Crippen LogP contribution in [0.1, 0.15) is 19.4 Å². The summed E-state index contributed by atoms with van der Waals surface area (Å²) in [6.45, 7) is 5.94. The van der Waals surface area contributed by atoms with Gasteiger partial charge in [0.2, 0.25) is 5.91 Å². The molecule has 2 aromatic carbocycles. The van der Waals surface area contributed by atoms with Crippen molar-refractivity contribution in [1.82, 2.24) is 25.4 Å². The number of nitrogens with zero attached hydrogens (tertiary/aromatic N) is 3. The topological polar surface area (TPSA) is 88.9 Å². The summed E-state index contributed by atoms with van der Waals surface area (Å²) in [4.78, 5) is 24.0. The molecule has 30 heavy (non-hydrogen) atoms. The van der Waals surface area contributed by atoms with Crippen molar-refractivity contribution >= 4 is 35.3 Å². The molecule has 1 heterocycles. The van der Waals surface area contributed by atoms with Crippen molar-refractivity contribution in [3.05, 3.63) is 59.1 Å². The number of hydrogen-bond acceptors (Lipinski definition) is 5. The lowest BCUT2D eigenvalue weighted by Crippen LogP contribution is -2.42. The lowest BCUT2D eigenvalue weighted by atomic mass is 10.2. The van der Waals surface area contributed by atoms with Gasteiger partial charge in [-0.2, -0.15) is 0 Å². The zero-order valence-electron chi connectivity index (χ0n) is 16.8. The number of rotatable bonds is 6. The molecule has 3 rings (SSSR count). The highest BCUT2D eigenvalue weighted by Crippen LogP contribution is 2.31. The van der Waals surface area contributed by atoms with E-state index in [0.717, 1.165) is 16.8 Å². The number of benzene rings is 2. The Morgan fingerprint density at radius 3 is 2.57 bits per heavy atom. The number of urea groups is 1. The minimum Gasteiger partial charge on any atom is -0.338 e. The molecular formula is C21H22ClN5O2S. The van der Waals surface area contributed by atoms with E-state index in [-0.39, 0.29) is 0 Å². The van der Waals surface area contributed by atoms with Crippen molar-refractivity contribution in [3.63, 3.8) is 0 Å². The summed E-state index contributed by atoms with van der Waals surface area (Å²) in [7, 11) is 0. The van der Waals surface area contributed by atoms with E-state index in [4.69, 9.17) is 11.6 Å². The van der Waals surface area contributed by atoms with Gasteiger partial charge in [0.05, 0.1) is 5.25 Å². The summed E-state index contributed by atoms with van der Waals surface area (Å²) in [6.07, 6.45) is 0. The average Bonchev–Trinajstić information content (AvgIpc) is 3.12. The second kappa shape index (κ2) is 9.77. The van der Waals surface area contributed by atoms with Gasteiger partial charge in [-0.15, -0.1) is 10.2 Å². The van der Waals surface area contributed by atoms with Crippen LogP contribution in [-0.4, -0.2) is 38.5 Å². The fraction of sp³-hybridized carbons (Fsp3) is 0.238. The van der Waals surface area contributed by atoms with Gasteiger partial charge in [0.1, 0.15) is 0 Å². The number of amides is 3. The molecule has 0 saturated carbocycles. The van der Waals surface area contributed by atoms with Crippen LogP contribution in [0.5, 0.6) is 0 Å². The first-order valence-corrected chi connectivity index (χ1v) is 10.7. The molecule has 1 atom stereocenters. The molecule has 3 aromatic rings. The van der Waals surface area contributed by atoms with Gasteiger partial charge in [-0.3, -0.25) is 14.7 Å². The van der Waals surface area contributed by atoms with Gasteiger partial charge >= 0.3 is 6.03 Å². The van der Waals surface area contributed by atoms with Gasteiger partial charge in [0.25, 0.3) is 0 Å². The molecule has 156 valence electrons. The van der Waals surface area contributed by atoms with Crippen LogP contribution in [0.15, 0.2) is 53.7 Å². The van der Waals surface area contributed by atoms with E-state index in [2.05, 4.69) is 20.8 Å². The number of imide groups is 1. The number of hydrogen-bond donors (Lipinski definition) is 2. The minimum absolute atomic E-state index is 0.405. The maximum atomic E-state index is 12.4. The Morgan fingerprint density at radius 2 is 1.90 bits per heavy atom. The van der Waals surface area contributed by atoms with E-state index in [1.807, 2.05) is 47.9 Å². The van der Waals surface area contributed by atoms with E-state index < -0.39 is 17.2 Å². The largest absolute Gasteiger partial charge is 0.338 e. The van der Waals surface area contributed by atoms with Crippen LogP contribution in [0.4, 0.5) is 4.79 Å². The number of aromatic nitrogens is 3. The standard InChI is InChI=1S/C21H22ClN5O2S/c1-4-23-20(29)24-19(28)14(3)30-21-26-25-18(15-8-10-16(22)11-9-15)27(21)17-7-5-6-13(2)12-17/h5-12,14H,4H2,1-3H3,(H2,23,24,28,29). The summed E-state index contributed by atoms with van der Waals surface area (Å²) in [6, 6.07) is 14.8. The third-order valence-electron chi connectivity index (χ3n) is 4.22. The van der Waals surface area contributed by atoms with Crippen LogP contribution in [-0.2, 0) is 4.79 Å². The van der Waals surface area contributed by atoms with E-state index in [1.54, 1.807) is 26.0 Å². The quantitative estimate of drug-likeness (QED) is 0.557. The van der Waals surface area contributed by atoms with Crippen molar-refractivity contribution in [3.8, 4) is 17.1 Å². The molecule has 0 fully saturated rings. The van der Waals surface area contributed by atoms with Crippen LogP contribution >= 0.6 is 23.4 Å². The third-order valence-corrected chi connectivity index (χ3v) is 5.52. The summed E-state index contributed by atoms with van der Waals surface area (Å²) in [5.74, 6) is 0.230. The zero-order chi connectivity index (χ0) is 21.7. The number of nitrogens with one attached hydrogen (secondary N) is 2. The van der Waals surface area contributed by atoms with Gasteiger partial charge in [-0.05, 0) is 62.7 Å². The van der Waals surface area contributed by atoms with Crippen LogP contribution in [0.2, 0.25) is 5.02 Å². The Bertz CT molecular complexity index is 1050. The Morgan fingerprint density at radius 1 is 1.17 bits per heavy atom. The highest BCUT2D eigenvalue weighted by atomic mass is 35.5. The van der Waals surface area contributed by atoms with Crippen molar-refractivity contribution in [2.24, 2.45) is 0 Å². The third kappa shape index (κ3) is 5.20. The average molecular weight is 444 g/mol. The molecule has 0 radical (unpaired) electrons. The fourth-order valence-electron chi connectivity index (χ4n) is 2.76. The fourth-order valence-corrected chi connectivity index (χ4v) is 3.76. The first kappa shape index (κ1) is 21.9. The van der Waals surface area contributed by atoms with Crippen LogP contribution in [0.3, 0.4) is 0 Å². The highest BCUT2D eigenvalue weighted by Gasteiger charge is 2.23. The molecular weight excluding hydrogens is 422 g/mol. The number of carbonyl (C=O) groups excluding carboxylic acids is 2. The molecule has 1 unspecified atom stereocenters. The maximum Gasteiger partial charge on any atom is 0.321 e. The molecule has 3 amide bonds. The molecule has 0 bridgehead atoms. The molecule has 0 aliphatic rings. The molecule has 1 aromatic heterocycles. The summed E-state index contributed by atoms with van der Waals surface area (Å²) >= 11 is 7.25. The monoisotopic (exact) mass is 443 g/mol. The second-order valence-electron chi connectivity index (χ2n) is 6.60. The van der Waals surface area contributed by atoms with E-state index in [9.17, 15) is 9.59 Å². The number of halogens is 1. The number of carbonyl (C=O) groups is 2. The molecule has 0 aliphatic carbocycles. The van der Waals surface area contributed by atoms with Crippen LogP contribution in [0, 0.1) is 6.92 Å². The molecule has 0 aliphatic heterocycles. The van der Waals surface area contributed by atoms with Gasteiger partial charge in [-0.1, -0.05) is 35.5 Å². The van der Waals surface area contributed by atoms with Gasteiger partial charge in [0.15, 0.2) is 11.0 Å². The predicted octanol–water partition coefficient (Wildman–Crippen LogP) is 4.22. The first-order chi connectivity index (χ1) is 14.4. The van der Waals surface area contributed by atoms with Crippen molar-refractivity contribution in [2.75, 3.05) is 6.54 Å². The van der Waals surface area contributed by atoms with E-state index >= 15 is 0 Å². The Balaban J connectivity index is 1.95. The number of aryl methyl sites for hydroxylation is 1. The summed E-state index contributed by atoms with van der Waals surface area (Å²) in [5, 5.41) is 14.2.